The minimum Gasteiger partial charge on any atom is -0.778 e. The van der Waals surface area contributed by atoms with Crippen LogP contribution < -0.4 is 40.6 Å². The molecule has 0 aliphatic carbocycles. The summed E-state index contributed by atoms with van der Waals surface area (Å²) in [6, 6.07) is 6.41. The maximum absolute atomic E-state index is 10.4. The van der Waals surface area contributed by atoms with E-state index in [-0.39, 0.29) is 29.6 Å². The second-order valence-electron chi connectivity index (χ2n) is 1.99. The normalized spacial score (nSPS) is 8.33. The molecule has 1 aromatic carbocycles. The van der Waals surface area contributed by atoms with Gasteiger partial charge in [0, 0.05) is 5.69 Å². The first-order chi connectivity index (χ1) is 5.20. The first-order valence-electron chi connectivity index (χ1n) is 3.02. The van der Waals surface area contributed by atoms with Gasteiger partial charge in [-0.15, -0.1) is 0 Å². The van der Waals surface area contributed by atoms with Crippen LogP contribution in [0.4, 0.5) is 10.5 Å². The number of para-hydroxylation sites is 1. The van der Waals surface area contributed by atoms with Gasteiger partial charge in [-0.05, 0) is 6.07 Å². The van der Waals surface area contributed by atoms with Crippen LogP contribution >= 0.6 is 0 Å². The molecule has 0 spiro atoms. The molecule has 0 radical (unpaired) electrons. The standard InChI is InChI=1S/C7H8N2OS.Na/c8-7(10)9-5-3-1-2-4-6(5)11;/h1-4,11H,(H3,8,9,10);/q;+1/p-1. The average molecular weight is 190 g/mol. The number of carbonyl (C=O) groups excluding carboxylic acids is 1. The molecule has 0 saturated heterocycles. The molecule has 1 rings (SSSR count). The molecule has 0 unspecified atom stereocenters. The summed E-state index contributed by atoms with van der Waals surface area (Å²) < 4.78 is 0. The molecule has 2 amide bonds. The van der Waals surface area contributed by atoms with E-state index in [4.69, 9.17) is 18.4 Å². The summed E-state index contributed by atoms with van der Waals surface area (Å²) in [7, 11) is 0. The van der Waals surface area contributed by atoms with Gasteiger partial charge in [0.1, 0.15) is 0 Å². The summed E-state index contributed by atoms with van der Waals surface area (Å²) in [5, 5.41) is 2.41. The largest absolute Gasteiger partial charge is 1.00 e. The topological polar surface area (TPSA) is 55.1 Å². The first kappa shape index (κ1) is 11.7. The molecule has 58 valence electrons. The molecule has 12 heavy (non-hydrogen) atoms. The van der Waals surface area contributed by atoms with Crippen molar-refractivity contribution in [2.24, 2.45) is 5.73 Å². The summed E-state index contributed by atoms with van der Waals surface area (Å²) >= 11 is 4.90. The molecule has 5 heteroatoms. The van der Waals surface area contributed by atoms with E-state index < -0.39 is 6.03 Å². The van der Waals surface area contributed by atoms with Crippen LogP contribution in [-0.2, 0) is 12.6 Å². The fourth-order valence-electron chi connectivity index (χ4n) is 0.703. The first-order valence-corrected chi connectivity index (χ1v) is 3.43. The SMILES string of the molecule is NC(=O)Nc1ccccc1[S-].[Na+]. The number of amides is 2. The van der Waals surface area contributed by atoms with Crippen molar-refractivity contribution in [1.29, 1.82) is 0 Å². The Labute approximate surface area is 98.4 Å². The third-order valence-electron chi connectivity index (χ3n) is 1.14. The molecule has 0 aliphatic heterocycles. The zero-order chi connectivity index (χ0) is 8.27. The van der Waals surface area contributed by atoms with Crippen LogP contribution in [-0.4, -0.2) is 6.03 Å². The maximum Gasteiger partial charge on any atom is 1.00 e. The smallest absolute Gasteiger partial charge is 0.778 e. The van der Waals surface area contributed by atoms with E-state index >= 15 is 0 Å². The van der Waals surface area contributed by atoms with Crippen LogP contribution in [0.15, 0.2) is 29.2 Å². The van der Waals surface area contributed by atoms with Gasteiger partial charge in [-0.25, -0.2) is 4.79 Å². The number of hydrogen-bond acceptors (Lipinski definition) is 2. The Morgan fingerprint density at radius 3 is 2.50 bits per heavy atom. The van der Waals surface area contributed by atoms with Crippen molar-refractivity contribution >= 4 is 24.3 Å². The van der Waals surface area contributed by atoms with Crippen molar-refractivity contribution in [2.75, 3.05) is 5.32 Å². The Hall–Kier alpha value is -0.290. The van der Waals surface area contributed by atoms with Gasteiger partial charge in [0.05, 0.1) is 0 Å². The molecule has 0 aliphatic rings. The minimum atomic E-state index is -0.595. The van der Waals surface area contributed by atoms with Gasteiger partial charge in [-0.1, -0.05) is 18.2 Å². The third-order valence-corrected chi connectivity index (χ3v) is 1.50. The van der Waals surface area contributed by atoms with E-state index in [1.54, 1.807) is 24.3 Å². The van der Waals surface area contributed by atoms with Crippen molar-refractivity contribution < 1.29 is 34.4 Å². The Bertz CT molecular complexity index is 280. The van der Waals surface area contributed by atoms with Gasteiger partial charge in [0.2, 0.25) is 0 Å². The molecule has 0 bridgehead atoms. The molecule has 0 heterocycles. The number of primary amides is 1. The van der Waals surface area contributed by atoms with Crippen LogP contribution in [0.5, 0.6) is 0 Å². The van der Waals surface area contributed by atoms with Gasteiger partial charge >= 0.3 is 35.6 Å². The monoisotopic (exact) mass is 190 g/mol. The van der Waals surface area contributed by atoms with Crippen LogP contribution in [0.2, 0.25) is 0 Å². The van der Waals surface area contributed by atoms with Crippen molar-refractivity contribution in [3.05, 3.63) is 24.3 Å². The third kappa shape index (κ3) is 3.40. The summed E-state index contributed by atoms with van der Waals surface area (Å²) in [5.41, 5.74) is 5.48. The number of hydrogen-bond donors (Lipinski definition) is 2. The van der Waals surface area contributed by atoms with Gasteiger partial charge in [-0.3, -0.25) is 0 Å². The Balaban J connectivity index is 0.00000121. The van der Waals surface area contributed by atoms with Crippen LogP contribution in [0.3, 0.4) is 0 Å². The van der Waals surface area contributed by atoms with Crippen molar-refractivity contribution in [3.8, 4) is 0 Å². The number of anilines is 1. The van der Waals surface area contributed by atoms with Crippen LogP contribution in [0.1, 0.15) is 0 Å². The molecule has 0 saturated carbocycles. The summed E-state index contributed by atoms with van der Waals surface area (Å²) in [5.74, 6) is 0. The van der Waals surface area contributed by atoms with Crippen molar-refractivity contribution in [3.63, 3.8) is 0 Å². The number of nitrogens with two attached hydrogens (primary N) is 1. The second-order valence-corrected chi connectivity index (χ2v) is 2.43. The van der Waals surface area contributed by atoms with E-state index in [9.17, 15) is 4.79 Å². The van der Waals surface area contributed by atoms with Crippen LogP contribution in [0.25, 0.3) is 0 Å². The molecule has 3 N–H and O–H groups in total. The number of nitrogens with one attached hydrogen (secondary N) is 1. The fourth-order valence-corrected chi connectivity index (χ4v) is 0.900. The van der Waals surface area contributed by atoms with E-state index in [0.29, 0.717) is 10.6 Å². The van der Waals surface area contributed by atoms with E-state index in [1.807, 2.05) is 0 Å². The predicted octanol–water partition coefficient (Wildman–Crippen LogP) is -1.91. The Kier molecular flexibility index (Phi) is 5.24. The van der Waals surface area contributed by atoms with Gasteiger partial charge in [0.15, 0.2) is 0 Å². The maximum atomic E-state index is 10.4. The number of urea groups is 1. The molecule has 1 aromatic rings. The quantitative estimate of drug-likeness (QED) is 0.401. The van der Waals surface area contributed by atoms with Crippen molar-refractivity contribution in [1.82, 2.24) is 0 Å². The average Bonchev–Trinajstić information content (AvgIpc) is 1.93. The zero-order valence-corrected chi connectivity index (χ0v) is 9.52. The predicted molar refractivity (Wildman–Crippen MR) is 45.3 cm³/mol. The zero-order valence-electron chi connectivity index (χ0n) is 6.70. The van der Waals surface area contributed by atoms with Gasteiger partial charge < -0.3 is 23.7 Å². The molecule has 0 aromatic heterocycles. The number of carbonyl (C=O) groups is 1. The number of benzene rings is 1. The van der Waals surface area contributed by atoms with E-state index in [0.717, 1.165) is 0 Å². The molecular formula is C7H7N2NaOS. The van der Waals surface area contributed by atoms with E-state index in [2.05, 4.69) is 5.32 Å². The number of rotatable bonds is 1. The summed E-state index contributed by atoms with van der Waals surface area (Å²) in [6.07, 6.45) is 0. The minimum absolute atomic E-state index is 0. The van der Waals surface area contributed by atoms with Gasteiger partial charge in [0.25, 0.3) is 0 Å². The van der Waals surface area contributed by atoms with Crippen molar-refractivity contribution in [2.45, 2.75) is 4.90 Å². The van der Waals surface area contributed by atoms with Crippen LogP contribution in [0, 0.1) is 0 Å². The second kappa shape index (κ2) is 5.37. The summed E-state index contributed by atoms with van der Waals surface area (Å²) in [4.78, 5) is 11.0. The molecular weight excluding hydrogens is 183 g/mol. The van der Waals surface area contributed by atoms with Gasteiger partial charge in [-0.2, -0.15) is 4.90 Å². The fraction of sp³-hybridized carbons (Fsp3) is 0. The Morgan fingerprint density at radius 1 is 1.42 bits per heavy atom. The van der Waals surface area contributed by atoms with E-state index in [1.165, 1.54) is 0 Å². The molecule has 3 nitrogen and oxygen atoms in total. The molecule has 0 fully saturated rings. The Morgan fingerprint density at radius 2 is 2.00 bits per heavy atom. The molecule has 0 atom stereocenters. The summed E-state index contributed by atoms with van der Waals surface area (Å²) in [6.45, 7) is 0.